The van der Waals surface area contributed by atoms with Gasteiger partial charge in [-0.05, 0) is 19.1 Å². The van der Waals surface area contributed by atoms with Gasteiger partial charge >= 0.3 is 0 Å². The Morgan fingerprint density at radius 2 is 1.69 bits per heavy atom. The van der Waals surface area contributed by atoms with Crippen LogP contribution in [0, 0.1) is 6.92 Å². The third-order valence-corrected chi connectivity index (χ3v) is 6.02. The summed E-state index contributed by atoms with van der Waals surface area (Å²) in [7, 11) is 1.68. The molecule has 1 aliphatic rings. The molecule has 7 nitrogen and oxygen atoms in total. The summed E-state index contributed by atoms with van der Waals surface area (Å²) in [4.78, 5) is 22.0. The zero-order valence-electron chi connectivity index (χ0n) is 18.2. The van der Waals surface area contributed by atoms with Crippen molar-refractivity contribution < 1.29 is 9.53 Å². The van der Waals surface area contributed by atoms with Crippen molar-refractivity contribution in [1.29, 1.82) is 0 Å². The molecule has 1 saturated heterocycles. The molecule has 32 heavy (non-hydrogen) atoms. The normalized spacial score (nSPS) is 14.1. The van der Waals surface area contributed by atoms with Crippen LogP contribution in [0.3, 0.4) is 0 Å². The van der Waals surface area contributed by atoms with Crippen molar-refractivity contribution >= 4 is 17.2 Å². The van der Waals surface area contributed by atoms with E-state index in [9.17, 15) is 4.79 Å². The third-order valence-electron chi connectivity index (χ3n) is 6.02. The number of ether oxygens (including phenoxy) is 1. The fraction of sp³-hybridized carbons (Fsp3) is 0.240. The Morgan fingerprint density at radius 1 is 0.969 bits per heavy atom. The summed E-state index contributed by atoms with van der Waals surface area (Å²) < 4.78 is 7.26. The number of amides is 1. The van der Waals surface area contributed by atoms with Crippen molar-refractivity contribution in [3.05, 3.63) is 78.1 Å². The second-order valence-corrected chi connectivity index (χ2v) is 7.87. The van der Waals surface area contributed by atoms with E-state index in [-0.39, 0.29) is 5.91 Å². The minimum absolute atomic E-state index is 0.00617. The Kier molecular flexibility index (Phi) is 5.23. The fourth-order valence-corrected chi connectivity index (χ4v) is 4.22. The van der Waals surface area contributed by atoms with E-state index >= 15 is 0 Å². The highest BCUT2D eigenvalue weighted by molar-refractivity contribution is 5.95. The number of hydrogen-bond acceptors (Lipinski definition) is 5. The summed E-state index contributed by atoms with van der Waals surface area (Å²) in [5.74, 6) is 0.846. The second kappa shape index (κ2) is 8.34. The number of rotatable bonds is 4. The van der Waals surface area contributed by atoms with Crippen LogP contribution in [-0.2, 0) is 0 Å². The molecular weight excluding hydrogens is 402 g/mol. The monoisotopic (exact) mass is 427 g/mol. The lowest BCUT2D eigenvalue weighted by atomic mass is 10.1. The van der Waals surface area contributed by atoms with Gasteiger partial charge in [-0.25, -0.2) is 9.50 Å². The number of fused-ring (bicyclic) bond motifs is 1. The highest BCUT2D eigenvalue weighted by Gasteiger charge is 2.26. The summed E-state index contributed by atoms with van der Waals surface area (Å²) in [5, 5.41) is 4.70. The molecule has 1 aliphatic heterocycles. The number of carbonyl (C=O) groups excluding carboxylic acids is 1. The number of nitrogens with zero attached hydrogens (tertiary/aromatic N) is 5. The van der Waals surface area contributed by atoms with Gasteiger partial charge in [0.15, 0.2) is 5.65 Å². The Morgan fingerprint density at radius 3 is 2.44 bits per heavy atom. The largest absolute Gasteiger partial charge is 0.495 e. The van der Waals surface area contributed by atoms with Gasteiger partial charge in [-0.1, -0.05) is 42.5 Å². The molecule has 0 aliphatic carbocycles. The van der Waals surface area contributed by atoms with Crippen LogP contribution in [0.2, 0.25) is 0 Å². The van der Waals surface area contributed by atoms with Gasteiger partial charge in [0, 0.05) is 44.0 Å². The molecule has 0 atom stereocenters. The number of carbonyl (C=O) groups is 1. The topological polar surface area (TPSA) is 63.0 Å². The molecule has 4 aromatic rings. The first-order valence-corrected chi connectivity index (χ1v) is 10.7. The number of benzene rings is 2. The number of aromatic nitrogens is 3. The molecule has 2 aromatic carbocycles. The summed E-state index contributed by atoms with van der Waals surface area (Å²) in [5.41, 5.74) is 5.06. The van der Waals surface area contributed by atoms with Crippen LogP contribution in [0.4, 0.5) is 5.69 Å². The van der Waals surface area contributed by atoms with E-state index in [0.29, 0.717) is 18.7 Å². The fourth-order valence-electron chi connectivity index (χ4n) is 4.22. The third kappa shape index (κ3) is 3.56. The minimum atomic E-state index is -0.00617. The standard InChI is InChI=1S/C25H25N5O2/c1-18-20(17-26-24-16-21(27-30(18)24)19-8-4-3-5-9-19)25(31)29-14-12-28(13-15-29)22-10-6-7-11-23(22)32-2/h3-11,16-17H,12-15H2,1-2H3. The molecule has 162 valence electrons. The number of methoxy groups -OCH3 is 1. The predicted molar refractivity (Wildman–Crippen MR) is 124 cm³/mol. The first-order valence-electron chi connectivity index (χ1n) is 10.7. The summed E-state index contributed by atoms with van der Waals surface area (Å²) in [6.07, 6.45) is 1.68. The van der Waals surface area contributed by atoms with Gasteiger partial charge < -0.3 is 14.5 Å². The van der Waals surface area contributed by atoms with Gasteiger partial charge in [0.2, 0.25) is 0 Å². The molecule has 0 unspecified atom stereocenters. The van der Waals surface area contributed by atoms with Crippen LogP contribution < -0.4 is 9.64 Å². The molecule has 5 rings (SSSR count). The predicted octanol–water partition coefficient (Wildman–Crippen LogP) is 3.68. The average Bonchev–Trinajstić information content (AvgIpc) is 3.30. The summed E-state index contributed by atoms with van der Waals surface area (Å²) >= 11 is 0. The number of anilines is 1. The van der Waals surface area contributed by atoms with E-state index in [4.69, 9.17) is 9.84 Å². The van der Waals surface area contributed by atoms with Crippen molar-refractivity contribution in [3.8, 4) is 17.0 Å². The van der Waals surface area contributed by atoms with Crippen LogP contribution >= 0.6 is 0 Å². The summed E-state index contributed by atoms with van der Waals surface area (Å²) in [6.45, 7) is 4.71. The quantitative estimate of drug-likeness (QED) is 0.497. The van der Waals surface area contributed by atoms with Crippen molar-refractivity contribution in [2.75, 3.05) is 38.2 Å². The number of aryl methyl sites for hydroxylation is 1. The van der Waals surface area contributed by atoms with Gasteiger partial charge in [-0.2, -0.15) is 5.10 Å². The zero-order chi connectivity index (χ0) is 22.1. The highest BCUT2D eigenvalue weighted by Crippen LogP contribution is 2.28. The van der Waals surface area contributed by atoms with E-state index in [1.165, 1.54) is 0 Å². The molecule has 1 amide bonds. The molecule has 1 fully saturated rings. The van der Waals surface area contributed by atoms with Crippen LogP contribution in [0.15, 0.2) is 66.9 Å². The zero-order valence-corrected chi connectivity index (χ0v) is 18.2. The first-order chi connectivity index (χ1) is 15.7. The molecule has 0 N–H and O–H groups in total. The minimum Gasteiger partial charge on any atom is -0.495 e. The summed E-state index contributed by atoms with van der Waals surface area (Å²) in [6, 6.07) is 19.9. The lowest BCUT2D eigenvalue weighted by Crippen LogP contribution is -2.49. The van der Waals surface area contributed by atoms with E-state index < -0.39 is 0 Å². The Labute approximate surface area is 186 Å². The van der Waals surface area contributed by atoms with E-state index in [1.54, 1.807) is 17.8 Å². The molecule has 2 aromatic heterocycles. The van der Waals surface area contributed by atoms with Crippen LogP contribution in [0.5, 0.6) is 5.75 Å². The van der Waals surface area contributed by atoms with Crippen molar-refractivity contribution in [3.63, 3.8) is 0 Å². The van der Waals surface area contributed by atoms with Gasteiger partial charge in [0.1, 0.15) is 5.75 Å². The van der Waals surface area contributed by atoms with Crippen LogP contribution in [-0.4, -0.2) is 58.7 Å². The molecule has 0 radical (unpaired) electrons. The second-order valence-electron chi connectivity index (χ2n) is 7.87. The Bertz CT molecular complexity index is 1260. The van der Waals surface area contributed by atoms with E-state index in [2.05, 4.69) is 16.0 Å². The van der Waals surface area contributed by atoms with E-state index in [1.807, 2.05) is 66.4 Å². The maximum atomic E-state index is 13.3. The maximum absolute atomic E-state index is 13.3. The first kappa shape index (κ1) is 20.1. The maximum Gasteiger partial charge on any atom is 0.257 e. The van der Waals surface area contributed by atoms with Crippen molar-refractivity contribution in [2.45, 2.75) is 6.92 Å². The lowest BCUT2D eigenvalue weighted by Gasteiger charge is -2.36. The van der Waals surface area contributed by atoms with Crippen molar-refractivity contribution in [2.24, 2.45) is 0 Å². The smallest absolute Gasteiger partial charge is 0.257 e. The highest BCUT2D eigenvalue weighted by atomic mass is 16.5. The van der Waals surface area contributed by atoms with Gasteiger partial charge in [0.05, 0.1) is 29.7 Å². The molecule has 3 heterocycles. The Balaban J connectivity index is 1.36. The van der Waals surface area contributed by atoms with Gasteiger partial charge in [-0.3, -0.25) is 4.79 Å². The number of para-hydroxylation sites is 2. The molecule has 0 saturated carbocycles. The molecule has 0 spiro atoms. The average molecular weight is 428 g/mol. The molecule has 7 heteroatoms. The SMILES string of the molecule is COc1ccccc1N1CCN(C(=O)c2cnc3cc(-c4ccccc4)nn3c2C)CC1. The Hall–Kier alpha value is -3.87. The van der Waals surface area contributed by atoms with Crippen LogP contribution in [0.25, 0.3) is 16.9 Å². The number of hydrogen-bond donors (Lipinski definition) is 0. The molecule has 0 bridgehead atoms. The molecular formula is C25H25N5O2. The van der Waals surface area contributed by atoms with Crippen molar-refractivity contribution in [1.82, 2.24) is 19.5 Å². The van der Waals surface area contributed by atoms with Gasteiger partial charge in [0.25, 0.3) is 5.91 Å². The lowest BCUT2D eigenvalue weighted by molar-refractivity contribution is 0.0744. The van der Waals surface area contributed by atoms with E-state index in [0.717, 1.165) is 47.1 Å². The van der Waals surface area contributed by atoms with Gasteiger partial charge in [-0.15, -0.1) is 0 Å². The number of piperazine rings is 1. The van der Waals surface area contributed by atoms with Crippen LogP contribution in [0.1, 0.15) is 16.1 Å².